The molecule has 0 bridgehead atoms. The van der Waals surface area contributed by atoms with Crippen LogP contribution in [-0.2, 0) is 6.42 Å². The molecule has 20 heavy (non-hydrogen) atoms. The molecule has 7 heteroatoms. The quantitative estimate of drug-likeness (QED) is 0.655. The van der Waals surface area contributed by atoms with Crippen molar-refractivity contribution in [2.24, 2.45) is 0 Å². The minimum atomic E-state index is -0.508. The molecule has 1 aromatic carbocycles. The predicted molar refractivity (Wildman–Crippen MR) is 76.9 cm³/mol. The van der Waals surface area contributed by atoms with E-state index in [-0.39, 0.29) is 23.1 Å². The molecular weight excluding hydrogens is 258 g/mol. The fourth-order valence-electron chi connectivity index (χ4n) is 1.97. The van der Waals surface area contributed by atoms with E-state index >= 15 is 0 Å². The number of rotatable bonds is 4. The van der Waals surface area contributed by atoms with E-state index in [0.717, 1.165) is 17.7 Å². The van der Waals surface area contributed by atoms with Crippen molar-refractivity contribution >= 4 is 23.1 Å². The Morgan fingerprint density at radius 2 is 2.05 bits per heavy atom. The van der Waals surface area contributed by atoms with Gasteiger partial charge in [-0.3, -0.25) is 10.1 Å². The first-order valence-electron chi connectivity index (χ1n) is 6.16. The molecule has 0 aliphatic rings. The number of aryl methyl sites for hydroxylation is 2. The first-order valence-corrected chi connectivity index (χ1v) is 6.16. The van der Waals surface area contributed by atoms with Gasteiger partial charge in [-0.05, 0) is 25.0 Å². The van der Waals surface area contributed by atoms with Crippen molar-refractivity contribution in [2.75, 3.05) is 11.1 Å². The van der Waals surface area contributed by atoms with Gasteiger partial charge in [-0.2, -0.15) is 4.98 Å². The Balaban J connectivity index is 2.50. The molecule has 0 amide bonds. The van der Waals surface area contributed by atoms with Gasteiger partial charge in [-0.25, -0.2) is 4.98 Å². The fourth-order valence-corrected chi connectivity index (χ4v) is 1.97. The van der Waals surface area contributed by atoms with Gasteiger partial charge in [-0.1, -0.05) is 25.1 Å². The van der Waals surface area contributed by atoms with Gasteiger partial charge in [0.15, 0.2) is 0 Å². The Hall–Kier alpha value is -2.70. The van der Waals surface area contributed by atoms with E-state index in [1.54, 1.807) is 0 Å². The van der Waals surface area contributed by atoms with Crippen LogP contribution in [0.15, 0.2) is 24.3 Å². The summed E-state index contributed by atoms with van der Waals surface area (Å²) in [5, 5.41) is 14.1. The van der Waals surface area contributed by atoms with E-state index in [1.165, 1.54) is 6.92 Å². The van der Waals surface area contributed by atoms with Crippen LogP contribution in [0.25, 0.3) is 0 Å². The monoisotopic (exact) mass is 273 g/mol. The van der Waals surface area contributed by atoms with Crippen molar-refractivity contribution in [1.29, 1.82) is 0 Å². The van der Waals surface area contributed by atoms with Gasteiger partial charge in [0, 0.05) is 5.69 Å². The van der Waals surface area contributed by atoms with Crippen molar-refractivity contribution < 1.29 is 4.92 Å². The van der Waals surface area contributed by atoms with Crippen LogP contribution in [-0.4, -0.2) is 14.9 Å². The molecule has 2 aromatic rings. The Morgan fingerprint density at radius 3 is 2.70 bits per heavy atom. The molecule has 7 nitrogen and oxygen atoms in total. The molecule has 104 valence electrons. The molecular formula is C13H15N5O2. The highest BCUT2D eigenvalue weighted by Gasteiger charge is 2.22. The van der Waals surface area contributed by atoms with Gasteiger partial charge >= 0.3 is 5.69 Å². The summed E-state index contributed by atoms with van der Waals surface area (Å²) in [5.41, 5.74) is 7.45. The maximum absolute atomic E-state index is 11.1. The van der Waals surface area contributed by atoms with Crippen LogP contribution in [0.1, 0.15) is 18.2 Å². The Kier molecular flexibility index (Phi) is 3.79. The van der Waals surface area contributed by atoms with E-state index in [1.807, 2.05) is 31.2 Å². The molecule has 2 rings (SSSR count). The summed E-state index contributed by atoms with van der Waals surface area (Å²) in [5.74, 6) is 0.116. The number of nitro groups is 1. The molecule has 0 saturated carbocycles. The van der Waals surface area contributed by atoms with Crippen LogP contribution in [0, 0.1) is 17.0 Å². The molecule has 0 spiro atoms. The Morgan fingerprint density at radius 1 is 1.35 bits per heavy atom. The van der Waals surface area contributed by atoms with E-state index in [9.17, 15) is 10.1 Å². The molecule has 0 fully saturated rings. The van der Waals surface area contributed by atoms with Crippen LogP contribution < -0.4 is 11.1 Å². The van der Waals surface area contributed by atoms with Crippen LogP contribution in [0.4, 0.5) is 23.1 Å². The first kappa shape index (κ1) is 13.7. The number of anilines is 3. The molecule has 0 saturated heterocycles. The predicted octanol–water partition coefficient (Wildman–Crippen LogP) is 2.58. The Labute approximate surface area is 116 Å². The zero-order valence-corrected chi connectivity index (χ0v) is 11.3. The second-order valence-electron chi connectivity index (χ2n) is 4.26. The second kappa shape index (κ2) is 5.52. The van der Waals surface area contributed by atoms with E-state index in [4.69, 9.17) is 5.73 Å². The third-order valence-corrected chi connectivity index (χ3v) is 2.91. The number of aromatic nitrogens is 2. The topological polar surface area (TPSA) is 107 Å². The molecule has 0 aliphatic carbocycles. The molecule has 3 N–H and O–H groups in total. The van der Waals surface area contributed by atoms with Crippen LogP contribution in [0.3, 0.4) is 0 Å². The summed E-state index contributed by atoms with van der Waals surface area (Å²) in [4.78, 5) is 18.4. The summed E-state index contributed by atoms with van der Waals surface area (Å²) < 4.78 is 0. The van der Waals surface area contributed by atoms with Gasteiger partial charge < -0.3 is 11.1 Å². The van der Waals surface area contributed by atoms with Crippen LogP contribution in [0.2, 0.25) is 0 Å². The highest BCUT2D eigenvalue weighted by Crippen LogP contribution is 2.29. The molecule has 1 heterocycles. The summed E-state index contributed by atoms with van der Waals surface area (Å²) in [7, 11) is 0. The van der Waals surface area contributed by atoms with Crippen LogP contribution in [0.5, 0.6) is 0 Å². The van der Waals surface area contributed by atoms with Crippen LogP contribution >= 0.6 is 0 Å². The normalized spacial score (nSPS) is 10.3. The number of para-hydroxylation sites is 1. The van der Waals surface area contributed by atoms with Gasteiger partial charge in [0.1, 0.15) is 5.69 Å². The van der Waals surface area contributed by atoms with Crippen molar-refractivity contribution in [3.63, 3.8) is 0 Å². The van der Waals surface area contributed by atoms with E-state index in [0.29, 0.717) is 0 Å². The minimum Gasteiger partial charge on any atom is -0.368 e. The van der Waals surface area contributed by atoms with Crippen molar-refractivity contribution in [2.45, 2.75) is 20.3 Å². The van der Waals surface area contributed by atoms with Crippen molar-refractivity contribution in [1.82, 2.24) is 9.97 Å². The van der Waals surface area contributed by atoms with Crippen molar-refractivity contribution in [3.05, 3.63) is 45.6 Å². The number of nitrogens with zero attached hydrogens (tertiary/aromatic N) is 3. The van der Waals surface area contributed by atoms with Gasteiger partial charge in [-0.15, -0.1) is 0 Å². The Bertz CT molecular complexity index is 657. The average molecular weight is 273 g/mol. The summed E-state index contributed by atoms with van der Waals surface area (Å²) in [6, 6.07) is 7.56. The maximum Gasteiger partial charge on any atom is 0.332 e. The van der Waals surface area contributed by atoms with Gasteiger partial charge in [0.05, 0.1) is 4.92 Å². The zero-order chi connectivity index (χ0) is 14.7. The standard InChI is InChI=1S/C13H15N5O2/c1-3-9-6-4-5-7-10(9)16-12-11(18(19)20)8(2)15-13(14)17-12/h4-7H,3H2,1-2H3,(H3,14,15,16,17). The third-order valence-electron chi connectivity index (χ3n) is 2.91. The fraction of sp³-hybridized carbons (Fsp3) is 0.231. The lowest BCUT2D eigenvalue weighted by molar-refractivity contribution is -0.385. The number of nitrogen functional groups attached to an aromatic ring is 1. The lowest BCUT2D eigenvalue weighted by Gasteiger charge is -2.11. The van der Waals surface area contributed by atoms with E-state index < -0.39 is 4.92 Å². The van der Waals surface area contributed by atoms with Crippen molar-refractivity contribution in [3.8, 4) is 0 Å². The minimum absolute atomic E-state index is 0.00424. The number of nitrogens with one attached hydrogen (secondary N) is 1. The lowest BCUT2D eigenvalue weighted by atomic mass is 10.1. The summed E-state index contributed by atoms with van der Waals surface area (Å²) in [6.45, 7) is 3.54. The lowest BCUT2D eigenvalue weighted by Crippen LogP contribution is -2.07. The summed E-state index contributed by atoms with van der Waals surface area (Å²) >= 11 is 0. The average Bonchev–Trinajstić information content (AvgIpc) is 2.38. The highest BCUT2D eigenvalue weighted by molar-refractivity contribution is 5.69. The molecule has 0 unspecified atom stereocenters. The third kappa shape index (κ3) is 2.66. The first-order chi connectivity index (χ1) is 9.52. The maximum atomic E-state index is 11.1. The van der Waals surface area contributed by atoms with E-state index in [2.05, 4.69) is 15.3 Å². The van der Waals surface area contributed by atoms with Gasteiger partial charge in [0.25, 0.3) is 0 Å². The molecule has 0 radical (unpaired) electrons. The number of benzene rings is 1. The number of nitrogens with two attached hydrogens (primary N) is 1. The second-order valence-corrected chi connectivity index (χ2v) is 4.26. The molecule has 0 atom stereocenters. The smallest absolute Gasteiger partial charge is 0.332 e. The largest absolute Gasteiger partial charge is 0.368 e. The summed E-state index contributed by atoms with van der Waals surface area (Å²) in [6.07, 6.45) is 0.802. The highest BCUT2D eigenvalue weighted by atomic mass is 16.6. The number of hydrogen-bond donors (Lipinski definition) is 2. The molecule has 0 aliphatic heterocycles. The number of hydrogen-bond acceptors (Lipinski definition) is 6. The SMILES string of the molecule is CCc1ccccc1Nc1nc(N)nc(C)c1[N+](=O)[O-]. The van der Waals surface area contributed by atoms with Gasteiger partial charge in [0.2, 0.25) is 11.8 Å². The zero-order valence-electron chi connectivity index (χ0n) is 11.3. The molecule has 1 aromatic heterocycles.